The number of ketones is 1. The summed E-state index contributed by atoms with van der Waals surface area (Å²) in [6.07, 6.45) is 1.90. The number of carbonyl (C=O) groups excluding carboxylic acids is 2. The molecule has 5 heteroatoms. The molecule has 34 heavy (non-hydrogen) atoms. The minimum Gasteiger partial charge on any atom is -0.346 e. The molecule has 1 N–H and O–H groups in total. The normalized spacial score (nSPS) is 11.1. The van der Waals surface area contributed by atoms with Crippen molar-refractivity contribution in [2.75, 3.05) is 25.0 Å². The quantitative estimate of drug-likeness (QED) is 0.242. The van der Waals surface area contributed by atoms with Gasteiger partial charge >= 0.3 is 0 Å². The number of aromatic nitrogens is 1. The monoisotopic (exact) mass is 453 g/mol. The largest absolute Gasteiger partial charge is 0.346 e. The van der Waals surface area contributed by atoms with E-state index in [4.69, 9.17) is 0 Å². The molecule has 4 aromatic rings. The summed E-state index contributed by atoms with van der Waals surface area (Å²) < 4.78 is 2.24. The van der Waals surface area contributed by atoms with Gasteiger partial charge in [0.15, 0.2) is 5.78 Å². The lowest BCUT2D eigenvalue weighted by Gasteiger charge is -2.18. The number of amides is 1. The van der Waals surface area contributed by atoms with Crippen molar-refractivity contribution in [2.24, 2.45) is 0 Å². The topological polar surface area (TPSA) is 54.3 Å². The van der Waals surface area contributed by atoms with Crippen LogP contribution in [0.4, 0.5) is 5.69 Å². The summed E-state index contributed by atoms with van der Waals surface area (Å²) in [6, 6.07) is 25.3. The van der Waals surface area contributed by atoms with Crippen LogP contribution < -0.4 is 5.32 Å². The van der Waals surface area contributed by atoms with Crippen molar-refractivity contribution >= 4 is 28.3 Å². The number of rotatable bonds is 10. The summed E-state index contributed by atoms with van der Waals surface area (Å²) in [5, 5.41) is 3.94. The van der Waals surface area contributed by atoms with Gasteiger partial charge < -0.3 is 14.8 Å². The average Bonchev–Trinajstić information content (AvgIpc) is 3.27. The number of benzene rings is 3. The predicted molar refractivity (Wildman–Crippen MR) is 139 cm³/mol. The highest BCUT2D eigenvalue weighted by molar-refractivity contribution is 6.11. The molecule has 4 rings (SSSR count). The van der Waals surface area contributed by atoms with Crippen molar-refractivity contribution in [2.45, 2.75) is 26.8 Å². The third kappa shape index (κ3) is 5.61. The Balaban J connectivity index is 1.36. The van der Waals surface area contributed by atoms with E-state index in [0.717, 1.165) is 48.2 Å². The van der Waals surface area contributed by atoms with E-state index in [1.807, 2.05) is 60.7 Å². The van der Waals surface area contributed by atoms with Crippen LogP contribution in [-0.2, 0) is 11.3 Å². The Morgan fingerprint density at radius 1 is 0.853 bits per heavy atom. The van der Waals surface area contributed by atoms with E-state index >= 15 is 0 Å². The van der Waals surface area contributed by atoms with Gasteiger partial charge in [0.2, 0.25) is 5.91 Å². The smallest absolute Gasteiger partial charge is 0.232 e. The van der Waals surface area contributed by atoms with Crippen LogP contribution in [-0.4, -0.2) is 40.8 Å². The standard InChI is InChI=1S/C29H31N3O2/c1-3-31(4-2)18-19-32-17-16-25-20-26(14-15-27(25)32)30-29(34)21-28(33)24-12-10-23(11-13-24)22-8-6-5-7-9-22/h5-17,20H,3-4,18-19,21H2,1-2H3,(H,30,34). The molecule has 1 amide bonds. The van der Waals surface area contributed by atoms with Crippen LogP contribution in [0.5, 0.6) is 0 Å². The Morgan fingerprint density at radius 2 is 1.56 bits per heavy atom. The molecule has 0 radical (unpaired) electrons. The van der Waals surface area contributed by atoms with Crippen molar-refractivity contribution in [1.29, 1.82) is 0 Å². The van der Waals surface area contributed by atoms with Crippen LogP contribution >= 0.6 is 0 Å². The van der Waals surface area contributed by atoms with Crippen LogP contribution in [0.15, 0.2) is 85.1 Å². The SMILES string of the molecule is CCN(CC)CCn1ccc2cc(NC(=O)CC(=O)c3ccc(-c4ccccc4)cc3)ccc21. The van der Waals surface area contributed by atoms with Gasteiger partial charge in [-0.25, -0.2) is 0 Å². The Morgan fingerprint density at radius 3 is 2.26 bits per heavy atom. The molecule has 0 fully saturated rings. The molecular formula is C29H31N3O2. The number of hydrogen-bond acceptors (Lipinski definition) is 3. The second-order valence-electron chi connectivity index (χ2n) is 8.40. The van der Waals surface area contributed by atoms with Gasteiger partial charge in [0, 0.05) is 41.4 Å². The molecule has 0 spiro atoms. The number of nitrogens with one attached hydrogen (secondary N) is 1. The first kappa shape index (κ1) is 23.5. The molecule has 1 aromatic heterocycles. The van der Waals surface area contributed by atoms with E-state index in [1.165, 1.54) is 0 Å². The zero-order valence-corrected chi connectivity index (χ0v) is 19.8. The van der Waals surface area contributed by atoms with Crippen LogP contribution in [0.1, 0.15) is 30.6 Å². The first-order valence-electron chi connectivity index (χ1n) is 11.9. The van der Waals surface area contributed by atoms with E-state index in [9.17, 15) is 9.59 Å². The Labute approximate surface area is 201 Å². The third-order valence-electron chi connectivity index (χ3n) is 6.24. The molecule has 0 saturated heterocycles. The number of likely N-dealkylation sites (N-methyl/N-ethyl adjacent to an activating group) is 1. The number of nitrogens with zero attached hydrogens (tertiary/aromatic N) is 2. The minimum absolute atomic E-state index is 0.187. The van der Waals surface area contributed by atoms with Crippen LogP contribution in [0.2, 0.25) is 0 Å². The first-order chi connectivity index (χ1) is 16.6. The maximum absolute atomic E-state index is 12.6. The van der Waals surface area contributed by atoms with Gasteiger partial charge in [0.25, 0.3) is 0 Å². The number of fused-ring (bicyclic) bond motifs is 1. The molecule has 174 valence electrons. The summed E-state index contributed by atoms with van der Waals surface area (Å²) in [5.41, 5.74) is 4.51. The zero-order valence-electron chi connectivity index (χ0n) is 19.8. The summed E-state index contributed by atoms with van der Waals surface area (Å²) in [5.74, 6) is -0.502. The highest BCUT2D eigenvalue weighted by Crippen LogP contribution is 2.22. The van der Waals surface area contributed by atoms with Crippen LogP contribution in [0.25, 0.3) is 22.0 Å². The lowest BCUT2D eigenvalue weighted by Crippen LogP contribution is -2.26. The maximum Gasteiger partial charge on any atom is 0.232 e. The molecule has 0 aliphatic rings. The summed E-state index contributed by atoms with van der Waals surface area (Å²) >= 11 is 0. The zero-order chi connectivity index (χ0) is 23.9. The lowest BCUT2D eigenvalue weighted by atomic mass is 10.0. The minimum atomic E-state index is -0.308. The second-order valence-corrected chi connectivity index (χ2v) is 8.40. The first-order valence-corrected chi connectivity index (χ1v) is 11.9. The molecule has 0 saturated carbocycles. The van der Waals surface area contributed by atoms with E-state index in [1.54, 1.807) is 12.1 Å². The fourth-order valence-corrected chi connectivity index (χ4v) is 4.19. The van der Waals surface area contributed by atoms with Gasteiger partial charge in [-0.2, -0.15) is 0 Å². The van der Waals surface area contributed by atoms with Gasteiger partial charge in [0.05, 0.1) is 6.42 Å². The molecule has 3 aromatic carbocycles. The molecular weight excluding hydrogens is 422 g/mol. The summed E-state index contributed by atoms with van der Waals surface area (Å²) in [6.45, 7) is 8.37. The number of carbonyl (C=O) groups is 2. The highest BCUT2D eigenvalue weighted by Gasteiger charge is 2.13. The fourth-order valence-electron chi connectivity index (χ4n) is 4.19. The van der Waals surface area contributed by atoms with Crippen LogP contribution in [0.3, 0.4) is 0 Å². The Kier molecular flexibility index (Phi) is 7.55. The molecule has 0 unspecified atom stereocenters. The second kappa shape index (κ2) is 10.9. The van der Waals surface area contributed by atoms with E-state index < -0.39 is 0 Å². The number of Topliss-reactive ketones (excluding diaryl/α,β-unsaturated/α-hetero) is 1. The maximum atomic E-state index is 12.6. The average molecular weight is 454 g/mol. The number of hydrogen-bond donors (Lipinski definition) is 1. The van der Waals surface area contributed by atoms with Crippen molar-refractivity contribution < 1.29 is 9.59 Å². The van der Waals surface area contributed by atoms with E-state index in [-0.39, 0.29) is 18.1 Å². The molecule has 1 heterocycles. The molecule has 0 aliphatic carbocycles. The Hall–Kier alpha value is -3.70. The van der Waals surface area contributed by atoms with Crippen molar-refractivity contribution in [3.63, 3.8) is 0 Å². The number of anilines is 1. The van der Waals surface area contributed by atoms with Crippen molar-refractivity contribution in [1.82, 2.24) is 9.47 Å². The molecule has 0 aliphatic heterocycles. The fraction of sp³-hybridized carbons (Fsp3) is 0.241. The predicted octanol–water partition coefficient (Wildman–Crippen LogP) is 5.86. The van der Waals surface area contributed by atoms with Gasteiger partial charge in [-0.3, -0.25) is 9.59 Å². The Bertz CT molecular complexity index is 1260. The van der Waals surface area contributed by atoms with E-state index in [2.05, 4.69) is 40.9 Å². The third-order valence-corrected chi connectivity index (χ3v) is 6.24. The van der Waals surface area contributed by atoms with E-state index in [0.29, 0.717) is 11.3 Å². The summed E-state index contributed by atoms with van der Waals surface area (Å²) in [4.78, 5) is 27.5. The summed E-state index contributed by atoms with van der Waals surface area (Å²) in [7, 11) is 0. The van der Waals surface area contributed by atoms with Crippen molar-refractivity contribution in [3.8, 4) is 11.1 Å². The molecule has 0 atom stereocenters. The lowest BCUT2D eigenvalue weighted by molar-refractivity contribution is -0.115. The van der Waals surface area contributed by atoms with Gasteiger partial charge in [-0.05, 0) is 48.5 Å². The van der Waals surface area contributed by atoms with Crippen molar-refractivity contribution in [3.05, 3.63) is 90.6 Å². The van der Waals surface area contributed by atoms with Crippen LogP contribution in [0, 0.1) is 0 Å². The van der Waals surface area contributed by atoms with Gasteiger partial charge in [-0.15, -0.1) is 0 Å². The highest BCUT2D eigenvalue weighted by atomic mass is 16.2. The van der Waals surface area contributed by atoms with Gasteiger partial charge in [-0.1, -0.05) is 68.4 Å². The molecule has 5 nitrogen and oxygen atoms in total. The molecule has 0 bridgehead atoms. The van der Waals surface area contributed by atoms with Gasteiger partial charge in [0.1, 0.15) is 0 Å².